The molecule has 0 fully saturated rings. The van der Waals surface area contributed by atoms with E-state index < -0.39 is 0 Å². The average molecular weight is 214 g/mol. The third kappa shape index (κ3) is 4.11. The van der Waals surface area contributed by atoms with Crippen molar-refractivity contribution >= 4 is 11.8 Å². The van der Waals surface area contributed by atoms with Crippen LogP contribution in [0.5, 0.6) is 0 Å². The highest BCUT2D eigenvalue weighted by Gasteiger charge is 2.00. The van der Waals surface area contributed by atoms with Gasteiger partial charge in [0.1, 0.15) is 6.33 Å². The third-order valence-corrected chi connectivity index (χ3v) is 2.90. The Kier molecular flexibility index (Phi) is 4.97. The number of hydrogen-bond acceptors (Lipinski definition) is 4. The van der Waals surface area contributed by atoms with Crippen LogP contribution >= 0.6 is 11.8 Å². The van der Waals surface area contributed by atoms with Crippen LogP contribution in [0.4, 0.5) is 0 Å². The maximum absolute atomic E-state index is 4.00. The van der Waals surface area contributed by atoms with E-state index in [0.717, 1.165) is 23.9 Å². The van der Waals surface area contributed by atoms with E-state index in [0.29, 0.717) is 6.04 Å². The summed E-state index contributed by atoms with van der Waals surface area (Å²) in [5.41, 5.74) is 0. The summed E-state index contributed by atoms with van der Waals surface area (Å²) in [6.45, 7) is 5.40. The lowest BCUT2D eigenvalue weighted by molar-refractivity contribution is 0.585. The van der Waals surface area contributed by atoms with Crippen LogP contribution in [0.2, 0.25) is 0 Å². The van der Waals surface area contributed by atoms with Crippen LogP contribution in [0.25, 0.3) is 0 Å². The SMILES string of the molecule is CC(C)NCCCSc1nncn1C. The van der Waals surface area contributed by atoms with E-state index in [4.69, 9.17) is 0 Å². The summed E-state index contributed by atoms with van der Waals surface area (Å²) in [6.07, 6.45) is 2.89. The number of nitrogens with one attached hydrogen (secondary N) is 1. The largest absolute Gasteiger partial charge is 0.315 e. The fourth-order valence-corrected chi connectivity index (χ4v) is 1.86. The summed E-state index contributed by atoms with van der Waals surface area (Å²) >= 11 is 1.75. The van der Waals surface area contributed by atoms with Crippen molar-refractivity contribution in [3.63, 3.8) is 0 Å². The van der Waals surface area contributed by atoms with Gasteiger partial charge in [-0.05, 0) is 13.0 Å². The van der Waals surface area contributed by atoms with Gasteiger partial charge in [0.15, 0.2) is 5.16 Å². The van der Waals surface area contributed by atoms with E-state index in [9.17, 15) is 0 Å². The van der Waals surface area contributed by atoms with Gasteiger partial charge in [-0.3, -0.25) is 0 Å². The van der Waals surface area contributed by atoms with Crippen molar-refractivity contribution in [2.24, 2.45) is 7.05 Å². The van der Waals surface area contributed by atoms with E-state index in [1.165, 1.54) is 0 Å². The first kappa shape index (κ1) is 11.5. The molecular formula is C9H18N4S. The molecule has 0 saturated carbocycles. The molecule has 1 aromatic rings. The molecule has 1 aromatic heterocycles. The van der Waals surface area contributed by atoms with Gasteiger partial charge in [0.05, 0.1) is 0 Å². The topological polar surface area (TPSA) is 42.7 Å². The average Bonchev–Trinajstić information content (AvgIpc) is 2.51. The first-order chi connectivity index (χ1) is 6.70. The lowest BCUT2D eigenvalue weighted by atomic mass is 10.4. The Morgan fingerprint density at radius 2 is 2.36 bits per heavy atom. The van der Waals surface area contributed by atoms with Crippen molar-refractivity contribution in [2.75, 3.05) is 12.3 Å². The van der Waals surface area contributed by atoms with E-state index in [1.54, 1.807) is 18.1 Å². The summed E-state index contributed by atoms with van der Waals surface area (Å²) in [5, 5.41) is 12.2. The zero-order valence-corrected chi connectivity index (χ0v) is 9.84. The Hall–Kier alpha value is -0.550. The second kappa shape index (κ2) is 6.03. The first-order valence-electron chi connectivity index (χ1n) is 4.90. The molecule has 0 radical (unpaired) electrons. The fourth-order valence-electron chi connectivity index (χ4n) is 1.03. The predicted molar refractivity (Wildman–Crippen MR) is 59.5 cm³/mol. The van der Waals surface area contributed by atoms with Gasteiger partial charge < -0.3 is 9.88 Å². The van der Waals surface area contributed by atoms with Gasteiger partial charge in [-0.2, -0.15) is 0 Å². The third-order valence-electron chi connectivity index (χ3n) is 1.77. The zero-order valence-electron chi connectivity index (χ0n) is 9.03. The van der Waals surface area contributed by atoms with E-state index in [1.807, 2.05) is 11.6 Å². The molecule has 0 aliphatic rings. The minimum Gasteiger partial charge on any atom is -0.315 e. The minimum atomic E-state index is 0.579. The Morgan fingerprint density at radius 3 is 2.93 bits per heavy atom. The molecule has 0 bridgehead atoms. The zero-order chi connectivity index (χ0) is 10.4. The highest BCUT2D eigenvalue weighted by molar-refractivity contribution is 7.99. The Morgan fingerprint density at radius 1 is 1.57 bits per heavy atom. The molecular weight excluding hydrogens is 196 g/mol. The maximum atomic E-state index is 4.00. The molecule has 0 aromatic carbocycles. The summed E-state index contributed by atoms with van der Waals surface area (Å²) in [5.74, 6) is 1.09. The Bertz CT molecular complexity index is 259. The minimum absolute atomic E-state index is 0.579. The smallest absolute Gasteiger partial charge is 0.190 e. The normalized spacial score (nSPS) is 11.1. The fraction of sp³-hybridized carbons (Fsp3) is 0.778. The first-order valence-corrected chi connectivity index (χ1v) is 5.89. The molecule has 1 heterocycles. The number of aromatic nitrogens is 3. The molecule has 0 aliphatic heterocycles. The molecule has 0 aliphatic carbocycles. The van der Waals surface area contributed by atoms with Crippen LogP contribution in [-0.4, -0.2) is 33.1 Å². The van der Waals surface area contributed by atoms with Crippen LogP contribution in [0, 0.1) is 0 Å². The summed E-state index contributed by atoms with van der Waals surface area (Å²) in [7, 11) is 1.97. The maximum Gasteiger partial charge on any atom is 0.190 e. The van der Waals surface area contributed by atoms with E-state index in [-0.39, 0.29) is 0 Å². The molecule has 14 heavy (non-hydrogen) atoms. The highest BCUT2D eigenvalue weighted by Crippen LogP contribution is 2.13. The molecule has 4 nitrogen and oxygen atoms in total. The molecule has 1 N–H and O–H groups in total. The number of thioether (sulfide) groups is 1. The number of rotatable bonds is 6. The number of hydrogen-bond donors (Lipinski definition) is 1. The molecule has 0 atom stereocenters. The lowest BCUT2D eigenvalue weighted by Gasteiger charge is -2.06. The van der Waals surface area contributed by atoms with Gasteiger partial charge in [0.25, 0.3) is 0 Å². The van der Waals surface area contributed by atoms with E-state index >= 15 is 0 Å². The van der Waals surface area contributed by atoms with Crippen molar-refractivity contribution in [1.29, 1.82) is 0 Å². The van der Waals surface area contributed by atoms with Gasteiger partial charge in [-0.15, -0.1) is 10.2 Å². The van der Waals surface area contributed by atoms with Gasteiger partial charge in [-0.1, -0.05) is 25.6 Å². The molecule has 0 unspecified atom stereocenters. The highest BCUT2D eigenvalue weighted by atomic mass is 32.2. The second-order valence-electron chi connectivity index (χ2n) is 3.54. The molecule has 80 valence electrons. The molecule has 5 heteroatoms. The van der Waals surface area contributed by atoms with Crippen LogP contribution in [0.3, 0.4) is 0 Å². The number of nitrogens with zero attached hydrogens (tertiary/aromatic N) is 3. The van der Waals surface area contributed by atoms with Gasteiger partial charge >= 0.3 is 0 Å². The predicted octanol–water partition coefficient (Wildman–Crippen LogP) is 1.30. The van der Waals surface area contributed by atoms with Crippen molar-refractivity contribution < 1.29 is 0 Å². The lowest BCUT2D eigenvalue weighted by Crippen LogP contribution is -2.23. The van der Waals surface area contributed by atoms with Crippen LogP contribution < -0.4 is 5.32 Å². The molecule has 0 spiro atoms. The van der Waals surface area contributed by atoms with Crippen LogP contribution in [0.1, 0.15) is 20.3 Å². The summed E-state index contributed by atoms with van der Waals surface area (Å²) < 4.78 is 1.94. The standard InChI is InChI=1S/C9H18N4S/c1-8(2)10-5-4-6-14-9-12-11-7-13(9)3/h7-8,10H,4-6H2,1-3H3. The van der Waals surface area contributed by atoms with Crippen LogP contribution in [0.15, 0.2) is 11.5 Å². The Balaban J connectivity index is 2.08. The summed E-state index contributed by atoms with van der Waals surface area (Å²) in [6, 6.07) is 0.579. The van der Waals surface area contributed by atoms with Gasteiger partial charge in [0.2, 0.25) is 0 Å². The quantitative estimate of drug-likeness (QED) is 0.572. The molecule has 1 rings (SSSR count). The molecule has 0 saturated heterocycles. The van der Waals surface area contributed by atoms with Crippen molar-refractivity contribution in [2.45, 2.75) is 31.5 Å². The van der Waals surface area contributed by atoms with E-state index in [2.05, 4.69) is 29.4 Å². The summed E-state index contributed by atoms with van der Waals surface area (Å²) in [4.78, 5) is 0. The monoisotopic (exact) mass is 214 g/mol. The van der Waals surface area contributed by atoms with Crippen molar-refractivity contribution in [3.8, 4) is 0 Å². The van der Waals surface area contributed by atoms with Gasteiger partial charge in [-0.25, -0.2) is 0 Å². The number of aryl methyl sites for hydroxylation is 1. The van der Waals surface area contributed by atoms with Crippen molar-refractivity contribution in [3.05, 3.63) is 6.33 Å². The van der Waals surface area contributed by atoms with Crippen molar-refractivity contribution in [1.82, 2.24) is 20.1 Å². The Labute approximate surface area is 89.5 Å². The van der Waals surface area contributed by atoms with Crippen LogP contribution in [-0.2, 0) is 7.05 Å². The van der Waals surface area contributed by atoms with Gasteiger partial charge in [0, 0.05) is 18.8 Å². The second-order valence-corrected chi connectivity index (χ2v) is 4.60. The molecule has 0 amide bonds.